The first-order valence-corrected chi connectivity index (χ1v) is 7.16. The van der Waals surface area contributed by atoms with Crippen molar-refractivity contribution in [2.45, 2.75) is 39.0 Å². The Bertz CT molecular complexity index is 184. The molecule has 1 aliphatic rings. The molecule has 2 nitrogen and oxygen atoms in total. The molecule has 3 atom stereocenters. The van der Waals surface area contributed by atoms with E-state index in [1.807, 2.05) is 0 Å². The van der Waals surface area contributed by atoms with E-state index >= 15 is 0 Å². The first kappa shape index (κ1) is 13.3. The first-order valence-electron chi connectivity index (χ1n) is 6.12. The molecule has 0 saturated carbocycles. The molecule has 1 fully saturated rings. The predicted molar refractivity (Wildman–Crippen MR) is 70.3 cm³/mol. The summed E-state index contributed by atoms with van der Waals surface area (Å²) >= 11 is 2.10. The highest BCUT2D eigenvalue weighted by atomic mass is 32.2. The van der Waals surface area contributed by atoms with E-state index in [1.54, 1.807) is 0 Å². The molecule has 3 unspecified atom stereocenters. The van der Waals surface area contributed by atoms with Gasteiger partial charge in [-0.05, 0) is 25.3 Å². The van der Waals surface area contributed by atoms with E-state index < -0.39 is 0 Å². The maximum atomic E-state index is 5.84. The standard InChI is InChI=1S/C12H26N2S/c1-9(2)12(7-13)8-14-5-6-15-11(4)10(14)3/h9-12H,5-8,13H2,1-4H3. The summed E-state index contributed by atoms with van der Waals surface area (Å²) in [6.45, 7) is 12.5. The first-order chi connectivity index (χ1) is 7.06. The summed E-state index contributed by atoms with van der Waals surface area (Å²) in [6.07, 6.45) is 0. The van der Waals surface area contributed by atoms with Gasteiger partial charge in [0.1, 0.15) is 0 Å². The zero-order valence-corrected chi connectivity index (χ0v) is 11.4. The lowest BCUT2D eigenvalue weighted by Gasteiger charge is -2.40. The second kappa shape index (κ2) is 6.12. The Morgan fingerprint density at radius 2 is 2.07 bits per heavy atom. The minimum absolute atomic E-state index is 0.655. The number of thioether (sulfide) groups is 1. The third-order valence-electron chi connectivity index (χ3n) is 3.73. The van der Waals surface area contributed by atoms with E-state index in [0.717, 1.165) is 11.8 Å². The minimum Gasteiger partial charge on any atom is -0.330 e. The van der Waals surface area contributed by atoms with Crippen molar-refractivity contribution in [2.24, 2.45) is 17.6 Å². The van der Waals surface area contributed by atoms with Crippen LogP contribution in [0.5, 0.6) is 0 Å². The van der Waals surface area contributed by atoms with Crippen molar-refractivity contribution in [3.8, 4) is 0 Å². The smallest absolute Gasteiger partial charge is 0.0184 e. The number of nitrogens with two attached hydrogens (primary N) is 1. The molecule has 0 radical (unpaired) electrons. The molecule has 1 rings (SSSR count). The summed E-state index contributed by atoms with van der Waals surface area (Å²) in [5, 5.41) is 0.768. The summed E-state index contributed by atoms with van der Waals surface area (Å²) < 4.78 is 0. The highest BCUT2D eigenvalue weighted by molar-refractivity contribution is 8.00. The van der Waals surface area contributed by atoms with Gasteiger partial charge in [-0.25, -0.2) is 0 Å². The second-order valence-corrected chi connectivity index (χ2v) is 6.54. The van der Waals surface area contributed by atoms with Crippen LogP contribution in [-0.2, 0) is 0 Å². The van der Waals surface area contributed by atoms with E-state index in [1.165, 1.54) is 18.8 Å². The fourth-order valence-electron chi connectivity index (χ4n) is 2.11. The summed E-state index contributed by atoms with van der Waals surface area (Å²) in [4.78, 5) is 2.62. The molecule has 2 N–H and O–H groups in total. The van der Waals surface area contributed by atoms with Crippen molar-refractivity contribution in [3.05, 3.63) is 0 Å². The van der Waals surface area contributed by atoms with Crippen LogP contribution in [0.25, 0.3) is 0 Å². The average Bonchev–Trinajstić information content (AvgIpc) is 2.19. The van der Waals surface area contributed by atoms with Crippen molar-refractivity contribution < 1.29 is 0 Å². The Labute approximate surface area is 99.0 Å². The van der Waals surface area contributed by atoms with Crippen LogP contribution in [0.3, 0.4) is 0 Å². The SMILES string of the molecule is CC(C)C(CN)CN1CCSC(C)C1C. The molecule has 15 heavy (non-hydrogen) atoms. The molecule has 0 aliphatic carbocycles. The fourth-order valence-corrected chi connectivity index (χ4v) is 3.27. The molecule has 0 aromatic carbocycles. The third kappa shape index (κ3) is 3.65. The van der Waals surface area contributed by atoms with Crippen LogP contribution in [0.4, 0.5) is 0 Å². The van der Waals surface area contributed by atoms with E-state index in [2.05, 4.69) is 44.4 Å². The van der Waals surface area contributed by atoms with Crippen LogP contribution >= 0.6 is 11.8 Å². The van der Waals surface area contributed by atoms with Crippen LogP contribution in [-0.4, -0.2) is 41.6 Å². The van der Waals surface area contributed by atoms with Gasteiger partial charge < -0.3 is 5.73 Å². The molecular formula is C12H26N2S. The topological polar surface area (TPSA) is 29.3 Å². The Kier molecular flexibility index (Phi) is 5.44. The molecule has 0 aromatic rings. The lowest BCUT2D eigenvalue weighted by Crippen LogP contribution is -2.48. The second-order valence-electron chi connectivity index (χ2n) is 5.05. The van der Waals surface area contributed by atoms with Gasteiger partial charge in [-0.3, -0.25) is 4.90 Å². The van der Waals surface area contributed by atoms with Gasteiger partial charge in [0.15, 0.2) is 0 Å². The van der Waals surface area contributed by atoms with Crippen molar-refractivity contribution in [3.63, 3.8) is 0 Å². The monoisotopic (exact) mass is 230 g/mol. The van der Waals surface area contributed by atoms with E-state index in [-0.39, 0.29) is 0 Å². The maximum Gasteiger partial charge on any atom is 0.0184 e. The van der Waals surface area contributed by atoms with Crippen LogP contribution in [0.1, 0.15) is 27.7 Å². The Morgan fingerprint density at radius 3 is 2.60 bits per heavy atom. The normalized spacial score (nSPS) is 30.8. The zero-order valence-electron chi connectivity index (χ0n) is 10.6. The van der Waals surface area contributed by atoms with Gasteiger partial charge >= 0.3 is 0 Å². The van der Waals surface area contributed by atoms with Gasteiger partial charge in [-0.15, -0.1) is 0 Å². The van der Waals surface area contributed by atoms with Crippen molar-refractivity contribution in [1.82, 2.24) is 4.90 Å². The minimum atomic E-state index is 0.655. The quantitative estimate of drug-likeness (QED) is 0.801. The van der Waals surface area contributed by atoms with E-state index in [0.29, 0.717) is 17.9 Å². The fraction of sp³-hybridized carbons (Fsp3) is 1.00. The van der Waals surface area contributed by atoms with Crippen molar-refractivity contribution in [1.29, 1.82) is 0 Å². The van der Waals surface area contributed by atoms with Crippen LogP contribution < -0.4 is 5.73 Å². The maximum absolute atomic E-state index is 5.84. The summed E-state index contributed by atoms with van der Waals surface area (Å²) in [5.41, 5.74) is 5.84. The van der Waals surface area contributed by atoms with Gasteiger partial charge in [0.2, 0.25) is 0 Å². The lowest BCUT2D eigenvalue weighted by atomic mass is 9.94. The van der Waals surface area contributed by atoms with Crippen molar-refractivity contribution in [2.75, 3.05) is 25.4 Å². The predicted octanol–water partition coefficient (Wildman–Crippen LogP) is 2.04. The number of rotatable bonds is 4. The summed E-state index contributed by atoms with van der Waals surface area (Å²) in [7, 11) is 0. The Hall–Kier alpha value is 0.270. The van der Waals surface area contributed by atoms with Crippen molar-refractivity contribution >= 4 is 11.8 Å². The molecule has 1 heterocycles. The van der Waals surface area contributed by atoms with Crippen LogP contribution in [0.2, 0.25) is 0 Å². The van der Waals surface area contributed by atoms with Crippen LogP contribution in [0.15, 0.2) is 0 Å². The van der Waals surface area contributed by atoms with Gasteiger partial charge in [0, 0.05) is 30.1 Å². The largest absolute Gasteiger partial charge is 0.330 e. The summed E-state index contributed by atoms with van der Waals surface area (Å²) in [5.74, 6) is 2.63. The van der Waals surface area contributed by atoms with Gasteiger partial charge in [-0.2, -0.15) is 11.8 Å². The highest BCUT2D eigenvalue weighted by Crippen LogP contribution is 2.25. The lowest BCUT2D eigenvalue weighted by molar-refractivity contribution is 0.162. The molecule has 90 valence electrons. The number of hydrogen-bond acceptors (Lipinski definition) is 3. The number of nitrogens with zero attached hydrogens (tertiary/aromatic N) is 1. The third-order valence-corrected chi connectivity index (χ3v) is 5.07. The van der Waals surface area contributed by atoms with Gasteiger partial charge in [-0.1, -0.05) is 20.8 Å². The molecular weight excluding hydrogens is 204 g/mol. The molecule has 3 heteroatoms. The van der Waals surface area contributed by atoms with E-state index in [4.69, 9.17) is 5.73 Å². The average molecular weight is 230 g/mol. The molecule has 1 saturated heterocycles. The summed E-state index contributed by atoms with van der Waals surface area (Å²) in [6, 6.07) is 0.705. The number of hydrogen-bond donors (Lipinski definition) is 1. The van der Waals surface area contributed by atoms with Gasteiger partial charge in [0.05, 0.1) is 0 Å². The molecule has 0 aromatic heterocycles. The molecule has 0 spiro atoms. The van der Waals surface area contributed by atoms with Gasteiger partial charge in [0.25, 0.3) is 0 Å². The Morgan fingerprint density at radius 1 is 1.40 bits per heavy atom. The van der Waals surface area contributed by atoms with Crippen LogP contribution in [0, 0.1) is 11.8 Å². The zero-order chi connectivity index (χ0) is 11.4. The van der Waals surface area contributed by atoms with E-state index in [9.17, 15) is 0 Å². The molecule has 0 amide bonds. The molecule has 0 bridgehead atoms. The highest BCUT2D eigenvalue weighted by Gasteiger charge is 2.27. The Balaban J connectivity index is 2.48. The molecule has 1 aliphatic heterocycles.